The fourth-order valence-corrected chi connectivity index (χ4v) is 3.20. The summed E-state index contributed by atoms with van der Waals surface area (Å²) in [4.78, 5) is 12.5. The molecule has 1 amide bonds. The summed E-state index contributed by atoms with van der Waals surface area (Å²) in [6, 6.07) is 13.5. The van der Waals surface area contributed by atoms with Gasteiger partial charge in [0.15, 0.2) is 11.5 Å². The molecule has 0 unspecified atom stereocenters. The Balaban J connectivity index is 1.70. The molecule has 2 aromatic rings. The molecular weight excluding hydrogens is 342 g/mol. The number of ether oxygens (including phenoxy) is 1. The molecule has 27 heavy (non-hydrogen) atoms. The number of furan rings is 1. The van der Waals surface area contributed by atoms with Crippen molar-refractivity contribution in [2.45, 2.75) is 37.7 Å². The van der Waals surface area contributed by atoms with Crippen LogP contribution in [0.15, 0.2) is 46.9 Å². The van der Waals surface area contributed by atoms with Crippen LogP contribution >= 0.6 is 0 Å². The van der Waals surface area contributed by atoms with Crippen LogP contribution in [0.1, 0.15) is 48.6 Å². The molecule has 5 heteroatoms. The van der Waals surface area contributed by atoms with Crippen molar-refractivity contribution in [2.24, 2.45) is 0 Å². The van der Waals surface area contributed by atoms with Crippen molar-refractivity contribution >= 4 is 5.91 Å². The van der Waals surface area contributed by atoms with Crippen molar-refractivity contribution in [3.8, 4) is 11.8 Å². The average molecular weight is 367 g/mol. The molecular formula is C22H25NO4. The highest BCUT2D eigenvalue weighted by Crippen LogP contribution is 2.34. The topological polar surface area (TPSA) is 71.7 Å². The lowest BCUT2D eigenvalue weighted by atomic mass is 9.74. The van der Waals surface area contributed by atoms with E-state index in [1.165, 1.54) is 5.56 Å². The minimum absolute atomic E-state index is 0.134. The predicted molar refractivity (Wildman–Crippen MR) is 102 cm³/mol. The van der Waals surface area contributed by atoms with E-state index in [-0.39, 0.29) is 17.1 Å². The normalized spacial score (nSPS) is 16.3. The molecule has 0 bridgehead atoms. The summed E-state index contributed by atoms with van der Waals surface area (Å²) >= 11 is 0. The zero-order chi connectivity index (χ0) is 19.3. The van der Waals surface area contributed by atoms with E-state index in [1.54, 1.807) is 26.0 Å². The van der Waals surface area contributed by atoms with Gasteiger partial charge < -0.3 is 19.6 Å². The van der Waals surface area contributed by atoms with Crippen LogP contribution in [-0.4, -0.2) is 36.4 Å². The zero-order valence-corrected chi connectivity index (χ0v) is 15.7. The Morgan fingerprint density at radius 2 is 1.89 bits per heavy atom. The number of amides is 1. The van der Waals surface area contributed by atoms with Crippen molar-refractivity contribution in [3.05, 3.63) is 59.5 Å². The number of benzene rings is 1. The molecule has 5 nitrogen and oxygen atoms in total. The fraction of sp³-hybridized carbons (Fsp3) is 0.409. The molecule has 0 aliphatic carbocycles. The number of hydrogen-bond acceptors (Lipinski definition) is 4. The van der Waals surface area contributed by atoms with Crippen LogP contribution in [0, 0.1) is 11.8 Å². The molecule has 0 saturated carbocycles. The maximum Gasteiger partial charge on any atom is 0.287 e. The van der Waals surface area contributed by atoms with E-state index in [0.717, 1.165) is 12.8 Å². The molecule has 1 aromatic heterocycles. The van der Waals surface area contributed by atoms with E-state index >= 15 is 0 Å². The first-order chi connectivity index (χ1) is 12.9. The second-order valence-corrected chi connectivity index (χ2v) is 7.41. The van der Waals surface area contributed by atoms with Crippen molar-refractivity contribution in [2.75, 3.05) is 19.8 Å². The Morgan fingerprint density at radius 3 is 2.56 bits per heavy atom. The fourth-order valence-electron chi connectivity index (χ4n) is 3.20. The highest BCUT2D eigenvalue weighted by atomic mass is 16.5. The van der Waals surface area contributed by atoms with Crippen LogP contribution in [0.3, 0.4) is 0 Å². The van der Waals surface area contributed by atoms with Crippen LogP contribution in [0.5, 0.6) is 0 Å². The van der Waals surface area contributed by atoms with Gasteiger partial charge in [-0.3, -0.25) is 4.79 Å². The van der Waals surface area contributed by atoms with Gasteiger partial charge in [-0.1, -0.05) is 36.3 Å². The molecule has 1 saturated heterocycles. The van der Waals surface area contributed by atoms with Gasteiger partial charge in [0, 0.05) is 25.2 Å². The van der Waals surface area contributed by atoms with Gasteiger partial charge >= 0.3 is 0 Å². The van der Waals surface area contributed by atoms with Gasteiger partial charge in [0.1, 0.15) is 5.60 Å². The van der Waals surface area contributed by atoms with E-state index in [0.29, 0.717) is 25.5 Å². The molecule has 1 aliphatic rings. The van der Waals surface area contributed by atoms with E-state index in [2.05, 4.69) is 29.3 Å². The molecule has 2 heterocycles. The summed E-state index contributed by atoms with van der Waals surface area (Å²) in [6.45, 7) is 5.07. The Kier molecular flexibility index (Phi) is 5.69. The minimum atomic E-state index is -1.11. The maximum absolute atomic E-state index is 12.5. The maximum atomic E-state index is 12.5. The lowest BCUT2D eigenvalue weighted by Gasteiger charge is -2.37. The van der Waals surface area contributed by atoms with Crippen LogP contribution in [0.25, 0.3) is 0 Å². The first-order valence-electron chi connectivity index (χ1n) is 9.15. The second kappa shape index (κ2) is 7.99. The molecule has 1 aromatic carbocycles. The number of nitrogens with one attached hydrogen (secondary N) is 1. The molecule has 0 atom stereocenters. The van der Waals surface area contributed by atoms with Crippen LogP contribution in [-0.2, 0) is 10.2 Å². The number of carbonyl (C=O) groups is 1. The van der Waals surface area contributed by atoms with Gasteiger partial charge in [-0.25, -0.2) is 0 Å². The van der Waals surface area contributed by atoms with Crippen molar-refractivity contribution in [1.82, 2.24) is 5.32 Å². The highest BCUT2D eigenvalue weighted by Gasteiger charge is 2.35. The molecule has 3 rings (SSSR count). The van der Waals surface area contributed by atoms with Crippen molar-refractivity contribution in [1.29, 1.82) is 0 Å². The summed E-state index contributed by atoms with van der Waals surface area (Å²) in [5.41, 5.74) is -0.0316. The van der Waals surface area contributed by atoms with E-state index in [1.807, 2.05) is 18.2 Å². The molecule has 0 spiro atoms. The third-order valence-corrected chi connectivity index (χ3v) is 4.74. The van der Waals surface area contributed by atoms with Gasteiger partial charge in [-0.15, -0.1) is 0 Å². The Hall–Kier alpha value is -2.55. The number of hydrogen-bond donors (Lipinski definition) is 2. The quantitative estimate of drug-likeness (QED) is 0.815. The minimum Gasteiger partial charge on any atom is -0.443 e. The SMILES string of the molecule is CC(C)(O)C#Cc1ccc(C(=O)NCC2(c3ccccc3)CCOCC2)o1. The standard InChI is InChI=1S/C22H25NO4/c1-21(2,25)11-10-18-8-9-19(27-18)20(24)23-16-22(12-14-26-15-13-22)17-6-4-3-5-7-17/h3-9,25H,12-16H2,1-2H3,(H,23,24). The van der Waals surface area contributed by atoms with Gasteiger partial charge in [0.25, 0.3) is 5.91 Å². The second-order valence-electron chi connectivity index (χ2n) is 7.41. The predicted octanol–water partition coefficient (Wildman–Crippen LogP) is 2.88. The summed E-state index contributed by atoms with van der Waals surface area (Å²) in [5.74, 6) is 5.70. The third kappa shape index (κ3) is 5.00. The summed E-state index contributed by atoms with van der Waals surface area (Å²) in [5, 5.41) is 12.7. The molecule has 0 radical (unpaired) electrons. The number of carbonyl (C=O) groups excluding carboxylic acids is 1. The largest absolute Gasteiger partial charge is 0.443 e. The highest BCUT2D eigenvalue weighted by molar-refractivity contribution is 5.91. The Morgan fingerprint density at radius 1 is 1.19 bits per heavy atom. The lowest BCUT2D eigenvalue weighted by Crippen LogP contribution is -2.44. The number of rotatable bonds is 4. The monoisotopic (exact) mass is 367 g/mol. The zero-order valence-electron chi connectivity index (χ0n) is 15.7. The average Bonchev–Trinajstić information content (AvgIpc) is 3.15. The Bertz CT molecular complexity index is 830. The van der Waals surface area contributed by atoms with E-state index < -0.39 is 5.60 Å². The summed E-state index contributed by atoms with van der Waals surface area (Å²) in [6.07, 6.45) is 1.72. The third-order valence-electron chi connectivity index (χ3n) is 4.74. The lowest BCUT2D eigenvalue weighted by molar-refractivity contribution is 0.0484. The Labute approximate surface area is 159 Å². The summed E-state index contributed by atoms with van der Waals surface area (Å²) in [7, 11) is 0. The van der Waals surface area contributed by atoms with E-state index in [9.17, 15) is 9.90 Å². The van der Waals surface area contributed by atoms with Gasteiger partial charge in [-0.2, -0.15) is 0 Å². The first-order valence-corrected chi connectivity index (χ1v) is 9.15. The smallest absolute Gasteiger partial charge is 0.287 e. The van der Waals surface area contributed by atoms with Crippen molar-refractivity contribution in [3.63, 3.8) is 0 Å². The first kappa shape index (κ1) is 19.2. The molecule has 2 N–H and O–H groups in total. The van der Waals surface area contributed by atoms with Crippen LogP contribution < -0.4 is 5.32 Å². The van der Waals surface area contributed by atoms with Gasteiger partial charge in [0.05, 0.1) is 0 Å². The van der Waals surface area contributed by atoms with Crippen LogP contribution in [0.2, 0.25) is 0 Å². The van der Waals surface area contributed by atoms with Crippen molar-refractivity contribution < 1.29 is 19.1 Å². The van der Waals surface area contributed by atoms with Gasteiger partial charge in [0.2, 0.25) is 0 Å². The number of aliphatic hydroxyl groups is 1. The molecule has 142 valence electrons. The molecule has 1 aliphatic heterocycles. The molecule has 1 fully saturated rings. The van der Waals surface area contributed by atoms with Crippen LogP contribution in [0.4, 0.5) is 0 Å². The summed E-state index contributed by atoms with van der Waals surface area (Å²) < 4.78 is 11.0. The van der Waals surface area contributed by atoms with Gasteiger partial charge in [-0.05, 0) is 50.3 Å². The van der Waals surface area contributed by atoms with E-state index in [4.69, 9.17) is 9.15 Å².